The molecule has 0 saturated heterocycles. The lowest BCUT2D eigenvalue weighted by Crippen LogP contribution is -2.35. The SMILES string of the molecule is CCN1C=C/C(=C\C=C\c2sc3ccccc3[n+]2Cc2ccc(OC)cc2)c2ccccc21. The molecule has 0 N–H and O–H groups in total. The molecular weight excluding hydrogens is 424 g/mol. The molecule has 5 rings (SSSR count). The fourth-order valence-corrected chi connectivity index (χ4v) is 5.29. The van der Waals surface area contributed by atoms with Gasteiger partial charge < -0.3 is 9.64 Å². The van der Waals surface area contributed by atoms with Crippen LogP contribution in [0.15, 0.2) is 97.2 Å². The topological polar surface area (TPSA) is 16.4 Å². The number of anilines is 1. The zero-order valence-corrected chi connectivity index (χ0v) is 19.8. The summed E-state index contributed by atoms with van der Waals surface area (Å²) in [6.07, 6.45) is 11.0. The van der Waals surface area contributed by atoms with Crippen LogP contribution in [0.4, 0.5) is 5.69 Å². The van der Waals surface area contributed by atoms with E-state index in [9.17, 15) is 0 Å². The average Bonchev–Trinajstić information content (AvgIpc) is 3.21. The van der Waals surface area contributed by atoms with E-state index in [1.54, 1.807) is 7.11 Å². The minimum absolute atomic E-state index is 0.818. The van der Waals surface area contributed by atoms with Crippen LogP contribution in [0.5, 0.6) is 5.75 Å². The number of fused-ring (bicyclic) bond motifs is 2. The molecule has 33 heavy (non-hydrogen) atoms. The van der Waals surface area contributed by atoms with E-state index in [0.717, 1.165) is 18.8 Å². The molecule has 0 amide bonds. The number of methoxy groups -OCH3 is 1. The van der Waals surface area contributed by atoms with Crippen LogP contribution in [-0.2, 0) is 6.54 Å². The molecule has 0 radical (unpaired) electrons. The summed E-state index contributed by atoms with van der Waals surface area (Å²) in [5.74, 6) is 0.883. The second-order valence-corrected chi connectivity index (χ2v) is 9.00. The largest absolute Gasteiger partial charge is 0.497 e. The van der Waals surface area contributed by atoms with Gasteiger partial charge in [0.05, 0.1) is 7.11 Å². The Bertz CT molecular complexity index is 1360. The molecule has 4 heteroatoms. The molecular formula is C29H27N2OS+. The summed E-state index contributed by atoms with van der Waals surface area (Å²) in [5, 5.41) is 1.23. The molecule has 0 fully saturated rings. The first-order valence-corrected chi connectivity index (χ1v) is 12.1. The summed E-state index contributed by atoms with van der Waals surface area (Å²) >= 11 is 1.82. The summed E-state index contributed by atoms with van der Waals surface area (Å²) in [4.78, 5) is 2.28. The first-order valence-electron chi connectivity index (χ1n) is 11.2. The summed E-state index contributed by atoms with van der Waals surface area (Å²) in [5.41, 5.74) is 6.27. The number of ether oxygens (including phenoxy) is 1. The summed E-state index contributed by atoms with van der Waals surface area (Å²) in [7, 11) is 1.70. The number of nitrogens with zero attached hydrogens (tertiary/aromatic N) is 2. The number of rotatable bonds is 6. The minimum Gasteiger partial charge on any atom is -0.497 e. The van der Waals surface area contributed by atoms with E-state index in [0.29, 0.717) is 0 Å². The number of allylic oxidation sites excluding steroid dienone is 4. The Morgan fingerprint density at radius 1 is 0.970 bits per heavy atom. The van der Waals surface area contributed by atoms with E-state index >= 15 is 0 Å². The lowest BCUT2D eigenvalue weighted by atomic mass is 9.99. The van der Waals surface area contributed by atoms with Crippen LogP contribution in [-0.4, -0.2) is 13.7 Å². The zero-order valence-electron chi connectivity index (χ0n) is 18.9. The van der Waals surface area contributed by atoms with Gasteiger partial charge in [-0.25, -0.2) is 0 Å². The molecule has 164 valence electrons. The highest BCUT2D eigenvalue weighted by Gasteiger charge is 2.19. The van der Waals surface area contributed by atoms with Crippen LogP contribution in [0.1, 0.15) is 23.1 Å². The van der Waals surface area contributed by atoms with Crippen molar-refractivity contribution in [2.45, 2.75) is 13.5 Å². The van der Waals surface area contributed by atoms with Gasteiger partial charge >= 0.3 is 0 Å². The molecule has 1 aliphatic rings. The van der Waals surface area contributed by atoms with Crippen molar-refractivity contribution in [3.8, 4) is 5.75 Å². The van der Waals surface area contributed by atoms with Gasteiger partial charge in [-0.2, -0.15) is 4.57 Å². The van der Waals surface area contributed by atoms with Crippen molar-refractivity contribution in [3.05, 3.63) is 113 Å². The zero-order chi connectivity index (χ0) is 22.6. The Balaban J connectivity index is 1.48. The number of para-hydroxylation sites is 2. The Labute approximate surface area is 199 Å². The molecule has 3 aromatic carbocycles. The maximum absolute atomic E-state index is 5.32. The van der Waals surface area contributed by atoms with Gasteiger partial charge in [-0.1, -0.05) is 53.8 Å². The van der Waals surface area contributed by atoms with Crippen LogP contribution in [0, 0.1) is 0 Å². The van der Waals surface area contributed by atoms with Crippen molar-refractivity contribution in [2.75, 3.05) is 18.6 Å². The third-order valence-electron chi connectivity index (χ3n) is 5.95. The van der Waals surface area contributed by atoms with E-state index in [4.69, 9.17) is 4.74 Å². The fraction of sp³-hybridized carbons (Fsp3) is 0.138. The van der Waals surface area contributed by atoms with Gasteiger partial charge in [0.1, 0.15) is 10.4 Å². The average molecular weight is 452 g/mol. The Morgan fingerprint density at radius 3 is 2.58 bits per heavy atom. The smallest absolute Gasteiger partial charge is 0.263 e. The van der Waals surface area contributed by atoms with E-state index in [1.807, 2.05) is 23.5 Å². The normalized spacial score (nSPS) is 14.4. The second kappa shape index (κ2) is 9.47. The highest BCUT2D eigenvalue weighted by molar-refractivity contribution is 7.18. The van der Waals surface area contributed by atoms with Gasteiger partial charge in [0, 0.05) is 41.7 Å². The van der Waals surface area contributed by atoms with Crippen molar-refractivity contribution in [3.63, 3.8) is 0 Å². The Hall–Kier alpha value is -3.63. The first kappa shape index (κ1) is 21.2. The number of thiazole rings is 1. The minimum atomic E-state index is 0.818. The highest BCUT2D eigenvalue weighted by atomic mass is 32.1. The molecule has 0 aliphatic carbocycles. The maximum atomic E-state index is 5.32. The molecule has 3 nitrogen and oxygen atoms in total. The quantitative estimate of drug-likeness (QED) is 0.303. The molecule has 0 atom stereocenters. The van der Waals surface area contributed by atoms with Gasteiger partial charge in [-0.3, -0.25) is 0 Å². The van der Waals surface area contributed by atoms with Crippen LogP contribution in [0.3, 0.4) is 0 Å². The maximum Gasteiger partial charge on any atom is 0.263 e. The molecule has 1 aliphatic heterocycles. The third-order valence-corrected chi connectivity index (χ3v) is 7.08. The molecule has 0 spiro atoms. The van der Waals surface area contributed by atoms with Gasteiger partial charge in [0.2, 0.25) is 5.52 Å². The summed E-state index contributed by atoms with van der Waals surface area (Å²) < 4.78 is 9.00. The van der Waals surface area contributed by atoms with Crippen molar-refractivity contribution < 1.29 is 9.30 Å². The number of hydrogen-bond donors (Lipinski definition) is 0. The van der Waals surface area contributed by atoms with E-state index < -0.39 is 0 Å². The monoisotopic (exact) mass is 451 g/mol. The van der Waals surface area contributed by atoms with Crippen molar-refractivity contribution >= 4 is 38.9 Å². The molecule has 1 aromatic heterocycles. The van der Waals surface area contributed by atoms with Gasteiger partial charge in [0.15, 0.2) is 6.54 Å². The summed E-state index contributed by atoms with van der Waals surface area (Å²) in [6, 6.07) is 25.5. The van der Waals surface area contributed by atoms with E-state index in [-0.39, 0.29) is 0 Å². The highest BCUT2D eigenvalue weighted by Crippen LogP contribution is 2.32. The Kier molecular flexibility index (Phi) is 6.09. The van der Waals surface area contributed by atoms with Gasteiger partial charge in [-0.15, -0.1) is 0 Å². The van der Waals surface area contributed by atoms with E-state index in [2.05, 4.69) is 108 Å². The van der Waals surface area contributed by atoms with Crippen LogP contribution in [0.2, 0.25) is 0 Å². The number of hydrogen-bond acceptors (Lipinski definition) is 3. The molecule has 2 heterocycles. The molecule has 4 aromatic rings. The van der Waals surface area contributed by atoms with E-state index in [1.165, 1.54) is 37.6 Å². The number of benzene rings is 3. The lowest BCUT2D eigenvalue weighted by molar-refractivity contribution is -0.659. The molecule has 0 saturated carbocycles. The van der Waals surface area contributed by atoms with Gasteiger partial charge in [-0.05, 0) is 55.0 Å². The predicted molar refractivity (Wildman–Crippen MR) is 140 cm³/mol. The molecule has 0 bridgehead atoms. The third kappa shape index (κ3) is 4.35. The van der Waals surface area contributed by atoms with Gasteiger partial charge in [0.25, 0.3) is 5.01 Å². The Morgan fingerprint density at radius 2 is 1.76 bits per heavy atom. The fourth-order valence-electron chi connectivity index (χ4n) is 4.22. The van der Waals surface area contributed by atoms with Crippen LogP contribution in [0.25, 0.3) is 21.9 Å². The first-order chi connectivity index (χ1) is 16.3. The lowest BCUT2D eigenvalue weighted by Gasteiger charge is -2.26. The second-order valence-electron chi connectivity index (χ2n) is 7.94. The van der Waals surface area contributed by atoms with Crippen molar-refractivity contribution in [1.82, 2.24) is 0 Å². The summed E-state index contributed by atoms with van der Waals surface area (Å²) in [6.45, 7) is 3.96. The molecule has 0 unspecified atom stereocenters. The standard InChI is InChI=1S/C29H27N2OS/c1-3-30-20-19-23(25-10-4-5-11-26(25)30)9-8-14-29-31(27-12-6-7-13-28(27)33-29)21-22-15-17-24(32-2)18-16-22/h4-20H,3,21H2,1-2H3/q+1. The van der Waals surface area contributed by atoms with Crippen molar-refractivity contribution in [1.29, 1.82) is 0 Å². The van der Waals surface area contributed by atoms with Crippen LogP contribution < -0.4 is 14.2 Å². The number of aromatic nitrogens is 1. The van der Waals surface area contributed by atoms with Crippen LogP contribution >= 0.6 is 11.3 Å². The predicted octanol–water partition coefficient (Wildman–Crippen LogP) is 6.70. The van der Waals surface area contributed by atoms with Crippen molar-refractivity contribution in [2.24, 2.45) is 0 Å².